The van der Waals surface area contributed by atoms with E-state index in [1.165, 1.54) is 4.90 Å². The molecule has 1 amide bonds. The molecule has 0 aromatic heterocycles. The van der Waals surface area contributed by atoms with E-state index in [1.807, 2.05) is 54.6 Å². The van der Waals surface area contributed by atoms with Crippen molar-refractivity contribution in [3.05, 3.63) is 66.7 Å². The van der Waals surface area contributed by atoms with E-state index in [0.29, 0.717) is 6.42 Å². The number of methoxy groups -OCH3 is 1. The average Bonchev–Trinajstić information content (AvgIpc) is 2.66. The molecule has 0 spiro atoms. The Morgan fingerprint density at radius 1 is 1.00 bits per heavy atom. The minimum Gasteiger partial charge on any atom is -0.497 e. The highest BCUT2D eigenvalue weighted by Gasteiger charge is 2.05. The summed E-state index contributed by atoms with van der Waals surface area (Å²) in [5.74, 6) is 1.83. The van der Waals surface area contributed by atoms with Crippen molar-refractivity contribution in [2.75, 3.05) is 18.2 Å². The molecule has 3 aromatic carbocycles. The predicted molar refractivity (Wildman–Crippen MR) is 106 cm³/mol. The smallest absolute Gasteiger partial charge is 0.224 e. The summed E-state index contributed by atoms with van der Waals surface area (Å²) in [5.41, 5.74) is 0.880. The quantitative estimate of drug-likeness (QED) is 0.460. The summed E-state index contributed by atoms with van der Waals surface area (Å²) >= 11 is 1.75. The fourth-order valence-corrected chi connectivity index (χ4v) is 3.49. The first-order chi connectivity index (χ1) is 12.3. The molecule has 128 valence electrons. The van der Waals surface area contributed by atoms with Gasteiger partial charge in [0.25, 0.3) is 0 Å². The largest absolute Gasteiger partial charge is 0.497 e. The third kappa shape index (κ3) is 4.77. The van der Waals surface area contributed by atoms with Gasteiger partial charge in [-0.15, -0.1) is 11.8 Å². The number of ether oxygens (including phenoxy) is 1. The third-order valence-electron chi connectivity index (χ3n) is 3.94. The van der Waals surface area contributed by atoms with Crippen LogP contribution in [0.3, 0.4) is 0 Å². The van der Waals surface area contributed by atoms with Gasteiger partial charge in [0.2, 0.25) is 5.91 Å². The molecule has 0 saturated carbocycles. The van der Waals surface area contributed by atoms with Gasteiger partial charge in [0, 0.05) is 22.4 Å². The zero-order valence-electron chi connectivity index (χ0n) is 14.2. The molecule has 3 aromatic rings. The van der Waals surface area contributed by atoms with Gasteiger partial charge in [-0.1, -0.05) is 36.4 Å². The number of thioether (sulfide) groups is 1. The molecular weight excluding hydrogens is 330 g/mol. The molecule has 0 heterocycles. The highest BCUT2D eigenvalue weighted by atomic mass is 32.2. The third-order valence-corrected chi connectivity index (χ3v) is 5.04. The van der Waals surface area contributed by atoms with E-state index in [2.05, 4.69) is 17.4 Å². The standard InChI is InChI=1S/C21H21NO2S/c1-24-17-11-13-18(14-12-17)25-15-5-10-21(23)22-20-9-4-7-16-6-2-3-8-19(16)20/h2-4,6-9,11-14H,5,10,15H2,1H3,(H,22,23). The van der Waals surface area contributed by atoms with Crippen molar-refractivity contribution in [2.45, 2.75) is 17.7 Å². The second-order valence-electron chi connectivity index (χ2n) is 5.70. The number of hydrogen-bond acceptors (Lipinski definition) is 3. The van der Waals surface area contributed by atoms with E-state index in [9.17, 15) is 4.79 Å². The van der Waals surface area contributed by atoms with Crippen LogP contribution in [0.25, 0.3) is 10.8 Å². The molecule has 0 aliphatic heterocycles. The van der Waals surface area contributed by atoms with Crippen LogP contribution in [0.2, 0.25) is 0 Å². The number of rotatable bonds is 7. The van der Waals surface area contributed by atoms with Crippen LogP contribution in [0.5, 0.6) is 5.75 Å². The molecule has 0 aliphatic rings. The Balaban J connectivity index is 1.47. The minimum absolute atomic E-state index is 0.0617. The van der Waals surface area contributed by atoms with Crippen LogP contribution in [-0.4, -0.2) is 18.8 Å². The lowest BCUT2D eigenvalue weighted by Crippen LogP contribution is -2.11. The molecule has 3 nitrogen and oxygen atoms in total. The topological polar surface area (TPSA) is 38.3 Å². The zero-order chi connectivity index (χ0) is 17.5. The molecule has 0 aliphatic carbocycles. The summed E-state index contributed by atoms with van der Waals surface area (Å²) in [5, 5.41) is 5.24. The summed E-state index contributed by atoms with van der Waals surface area (Å²) in [6.45, 7) is 0. The highest BCUT2D eigenvalue weighted by molar-refractivity contribution is 7.99. The molecule has 0 radical (unpaired) electrons. The van der Waals surface area contributed by atoms with Gasteiger partial charge < -0.3 is 10.1 Å². The molecule has 4 heteroatoms. The Kier molecular flexibility index (Phi) is 5.96. The highest BCUT2D eigenvalue weighted by Crippen LogP contribution is 2.24. The molecule has 0 saturated heterocycles. The number of fused-ring (bicyclic) bond motifs is 1. The molecule has 3 rings (SSSR count). The van der Waals surface area contributed by atoms with E-state index in [-0.39, 0.29) is 5.91 Å². The average molecular weight is 351 g/mol. The fraction of sp³-hybridized carbons (Fsp3) is 0.190. The normalized spacial score (nSPS) is 10.6. The van der Waals surface area contributed by atoms with Crippen molar-refractivity contribution in [1.82, 2.24) is 0 Å². The van der Waals surface area contributed by atoms with E-state index in [1.54, 1.807) is 18.9 Å². The molecule has 25 heavy (non-hydrogen) atoms. The van der Waals surface area contributed by atoms with Crippen LogP contribution in [0, 0.1) is 0 Å². The van der Waals surface area contributed by atoms with Crippen molar-refractivity contribution in [1.29, 1.82) is 0 Å². The lowest BCUT2D eigenvalue weighted by Gasteiger charge is -2.09. The maximum Gasteiger partial charge on any atom is 0.224 e. The van der Waals surface area contributed by atoms with Crippen molar-refractivity contribution in [3.8, 4) is 5.75 Å². The van der Waals surface area contributed by atoms with Gasteiger partial charge >= 0.3 is 0 Å². The molecular formula is C21H21NO2S. The van der Waals surface area contributed by atoms with E-state index in [4.69, 9.17) is 4.74 Å². The Labute approximate surface area is 152 Å². The number of nitrogens with one attached hydrogen (secondary N) is 1. The summed E-state index contributed by atoms with van der Waals surface area (Å²) in [7, 11) is 1.66. The predicted octanol–water partition coefficient (Wildman–Crippen LogP) is 5.36. The summed E-state index contributed by atoms with van der Waals surface area (Å²) in [6.07, 6.45) is 1.36. The first kappa shape index (κ1) is 17.4. The Morgan fingerprint density at radius 2 is 1.76 bits per heavy atom. The monoisotopic (exact) mass is 351 g/mol. The number of hydrogen-bond donors (Lipinski definition) is 1. The van der Waals surface area contributed by atoms with Gasteiger partial charge in [-0.05, 0) is 47.9 Å². The summed E-state index contributed by atoms with van der Waals surface area (Å²) in [6, 6.07) is 22.0. The SMILES string of the molecule is COc1ccc(SCCCC(=O)Nc2cccc3ccccc23)cc1. The van der Waals surface area contributed by atoms with Crippen molar-refractivity contribution < 1.29 is 9.53 Å². The zero-order valence-corrected chi connectivity index (χ0v) is 15.0. The fourth-order valence-electron chi connectivity index (χ4n) is 2.64. The molecule has 0 fully saturated rings. The maximum absolute atomic E-state index is 12.2. The Bertz CT molecular complexity index is 841. The van der Waals surface area contributed by atoms with Crippen LogP contribution in [-0.2, 0) is 4.79 Å². The number of benzene rings is 3. The second-order valence-corrected chi connectivity index (χ2v) is 6.87. The van der Waals surface area contributed by atoms with Gasteiger partial charge in [0.15, 0.2) is 0 Å². The molecule has 0 bridgehead atoms. The van der Waals surface area contributed by atoms with E-state index < -0.39 is 0 Å². The summed E-state index contributed by atoms with van der Waals surface area (Å²) in [4.78, 5) is 13.4. The molecule has 0 unspecified atom stereocenters. The first-order valence-electron chi connectivity index (χ1n) is 8.31. The lowest BCUT2D eigenvalue weighted by atomic mass is 10.1. The van der Waals surface area contributed by atoms with Crippen molar-refractivity contribution in [3.63, 3.8) is 0 Å². The van der Waals surface area contributed by atoms with Gasteiger partial charge in [-0.25, -0.2) is 0 Å². The van der Waals surface area contributed by atoms with Crippen LogP contribution >= 0.6 is 11.8 Å². The van der Waals surface area contributed by atoms with Crippen molar-refractivity contribution >= 4 is 34.1 Å². The number of amides is 1. The van der Waals surface area contributed by atoms with Crippen LogP contribution in [0.1, 0.15) is 12.8 Å². The number of carbonyl (C=O) groups excluding carboxylic acids is 1. The first-order valence-corrected chi connectivity index (χ1v) is 9.29. The number of anilines is 1. The Morgan fingerprint density at radius 3 is 2.56 bits per heavy atom. The van der Waals surface area contributed by atoms with Gasteiger partial charge in [-0.2, -0.15) is 0 Å². The van der Waals surface area contributed by atoms with Crippen molar-refractivity contribution in [2.24, 2.45) is 0 Å². The van der Waals surface area contributed by atoms with Crippen LogP contribution in [0.4, 0.5) is 5.69 Å². The molecule has 0 atom stereocenters. The lowest BCUT2D eigenvalue weighted by molar-refractivity contribution is -0.116. The van der Waals surface area contributed by atoms with Gasteiger partial charge in [0.1, 0.15) is 5.75 Å². The van der Waals surface area contributed by atoms with Gasteiger partial charge in [0.05, 0.1) is 7.11 Å². The summed E-state index contributed by atoms with van der Waals surface area (Å²) < 4.78 is 5.15. The second kappa shape index (κ2) is 8.58. The maximum atomic E-state index is 12.2. The minimum atomic E-state index is 0.0617. The van der Waals surface area contributed by atoms with Gasteiger partial charge in [-0.3, -0.25) is 4.79 Å². The van der Waals surface area contributed by atoms with Crippen LogP contribution in [0.15, 0.2) is 71.6 Å². The van der Waals surface area contributed by atoms with E-state index >= 15 is 0 Å². The van der Waals surface area contributed by atoms with Crippen LogP contribution < -0.4 is 10.1 Å². The van der Waals surface area contributed by atoms with E-state index in [0.717, 1.165) is 34.4 Å². The Hall–Kier alpha value is -2.46. The number of carbonyl (C=O) groups is 1. The molecule has 1 N–H and O–H groups in total.